The molecule has 1 unspecified atom stereocenters. The summed E-state index contributed by atoms with van der Waals surface area (Å²) in [5.41, 5.74) is 0.0120. The molecule has 0 fully saturated rings. The van der Waals surface area contributed by atoms with Crippen molar-refractivity contribution >= 4 is 34.1 Å². The third kappa shape index (κ3) is 3.48. The first kappa shape index (κ1) is 14.8. The van der Waals surface area contributed by atoms with Gasteiger partial charge in [0.05, 0.1) is 11.8 Å². The molecule has 110 valence electrons. The summed E-state index contributed by atoms with van der Waals surface area (Å²) in [7, 11) is 0. The van der Waals surface area contributed by atoms with Crippen LogP contribution in [-0.4, -0.2) is 28.9 Å². The third-order valence-electron chi connectivity index (χ3n) is 2.62. The number of anilines is 1. The van der Waals surface area contributed by atoms with Crippen LogP contribution >= 0.6 is 11.3 Å². The van der Waals surface area contributed by atoms with E-state index in [0.717, 1.165) is 11.3 Å². The Hall–Kier alpha value is -2.61. The zero-order chi connectivity index (χ0) is 15.4. The molecule has 2 aromatic heterocycles. The highest BCUT2D eigenvalue weighted by molar-refractivity contribution is 7.14. The van der Waals surface area contributed by atoms with Gasteiger partial charge in [0.25, 0.3) is 5.91 Å². The van der Waals surface area contributed by atoms with E-state index >= 15 is 0 Å². The van der Waals surface area contributed by atoms with Crippen molar-refractivity contribution in [2.75, 3.05) is 5.32 Å². The molecule has 2 aromatic rings. The van der Waals surface area contributed by atoms with Crippen LogP contribution in [0.2, 0.25) is 0 Å². The first-order chi connectivity index (χ1) is 9.99. The number of hydrogen-bond donors (Lipinski definition) is 3. The van der Waals surface area contributed by atoms with Crippen LogP contribution < -0.4 is 10.6 Å². The van der Waals surface area contributed by atoms with E-state index in [0.29, 0.717) is 0 Å². The summed E-state index contributed by atoms with van der Waals surface area (Å²) in [5, 5.41) is 15.7. The predicted molar refractivity (Wildman–Crippen MR) is 75.5 cm³/mol. The highest BCUT2D eigenvalue weighted by Gasteiger charge is 2.20. The highest BCUT2D eigenvalue weighted by Crippen LogP contribution is 2.23. The Kier molecular flexibility index (Phi) is 4.39. The minimum atomic E-state index is -1.13. The van der Waals surface area contributed by atoms with Crippen molar-refractivity contribution in [3.05, 3.63) is 41.2 Å². The summed E-state index contributed by atoms with van der Waals surface area (Å²) in [6, 6.07) is 3.59. The quantitative estimate of drug-likeness (QED) is 0.780. The summed E-state index contributed by atoms with van der Waals surface area (Å²) in [6.45, 7) is 1.49. The van der Waals surface area contributed by atoms with Crippen LogP contribution in [0, 0.1) is 0 Å². The monoisotopic (exact) mass is 308 g/mol. The maximum atomic E-state index is 11.9. The van der Waals surface area contributed by atoms with Gasteiger partial charge in [-0.2, -0.15) is 0 Å². The van der Waals surface area contributed by atoms with Crippen molar-refractivity contribution in [1.82, 2.24) is 5.32 Å². The fourth-order valence-electron chi connectivity index (χ4n) is 1.54. The lowest BCUT2D eigenvalue weighted by Gasteiger charge is -2.12. The van der Waals surface area contributed by atoms with Gasteiger partial charge in [0.2, 0.25) is 5.91 Å². The van der Waals surface area contributed by atoms with Gasteiger partial charge in [-0.1, -0.05) is 0 Å². The first-order valence-electron chi connectivity index (χ1n) is 5.95. The molecule has 2 rings (SSSR count). The minimum absolute atomic E-state index is 0.0120. The summed E-state index contributed by atoms with van der Waals surface area (Å²) in [4.78, 5) is 34.6. The molecule has 7 nitrogen and oxygen atoms in total. The molecule has 0 saturated heterocycles. The van der Waals surface area contributed by atoms with Gasteiger partial charge in [-0.15, -0.1) is 11.3 Å². The zero-order valence-corrected chi connectivity index (χ0v) is 11.8. The van der Waals surface area contributed by atoms with Gasteiger partial charge in [-0.05, 0) is 30.5 Å². The number of hydrogen-bond acceptors (Lipinski definition) is 5. The van der Waals surface area contributed by atoms with Gasteiger partial charge >= 0.3 is 5.97 Å². The number of nitrogens with one attached hydrogen (secondary N) is 2. The summed E-state index contributed by atoms with van der Waals surface area (Å²) >= 11 is 1.10. The Morgan fingerprint density at radius 1 is 1.33 bits per heavy atom. The Labute approximate surface area is 123 Å². The Morgan fingerprint density at radius 3 is 2.71 bits per heavy atom. The van der Waals surface area contributed by atoms with E-state index in [1.54, 1.807) is 11.4 Å². The molecule has 21 heavy (non-hydrogen) atoms. The molecule has 0 spiro atoms. The van der Waals surface area contributed by atoms with E-state index in [9.17, 15) is 14.4 Å². The summed E-state index contributed by atoms with van der Waals surface area (Å²) in [5.74, 6) is -2.07. The average molecular weight is 308 g/mol. The maximum absolute atomic E-state index is 11.9. The van der Waals surface area contributed by atoms with Crippen molar-refractivity contribution in [2.45, 2.75) is 13.0 Å². The smallest absolute Gasteiger partial charge is 0.338 e. The number of aromatic carboxylic acids is 1. The molecule has 2 heterocycles. The lowest BCUT2D eigenvalue weighted by molar-refractivity contribution is -0.117. The number of carboxylic acids is 1. The van der Waals surface area contributed by atoms with Gasteiger partial charge < -0.3 is 20.2 Å². The number of carbonyl (C=O) groups is 3. The van der Waals surface area contributed by atoms with Crippen LogP contribution in [0.1, 0.15) is 27.8 Å². The molecule has 0 aliphatic carbocycles. The minimum Gasteiger partial charge on any atom is -0.478 e. The SMILES string of the molecule is CC(NC(=O)c1ccco1)C(=O)Nc1sccc1C(=O)O. The Balaban J connectivity index is 1.98. The van der Waals surface area contributed by atoms with Crippen molar-refractivity contribution in [3.8, 4) is 0 Å². The van der Waals surface area contributed by atoms with Crippen LogP contribution in [0.25, 0.3) is 0 Å². The van der Waals surface area contributed by atoms with Crippen LogP contribution in [0.5, 0.6) is 0 Å². The summed E-state index contributed by atoms with van der Waals surface area (Å²) < 4.78 is 4.91. The van der Waals surface area contributed by atoms with Gasteiger partial charge in [0, 0.05) is 0 Å². The van der Waals surface area contributed by atoms with E-state index in [1.807, 2.05) is 0 Å². The molecule has 1 atom stereocenters. The highest BCUT2D eigenvalue weighted by atomic mass is 32.1. The molecule has 0 aliphatic rings. The number of amides is 2. The average Bonchev–Trinajstić information content (AvgIpc) is 3.09. The molecular weight excluding hydrogens is 296 g/mol. The topological polar surface area (TPSA) is 109 Å². The summed E-state index contributed by atoms with van der Waals surface area (Å²) in [6.07, 6.45) is 1.35. The van der Waals surface area contributed by atoms with Crippen LogP contribution in [-0.2, 0) is 4.79 Å². The van der Waals surface area contributed by atoms with Crippen molar-refractivity contribution < 1.29 is 23.9 Å². The number of carboxylic acid groups (broad SMARTS) is 1. The molecular formula is C13H12N2O5S. The molecule has 2 amide bonds. The largest absolute Gasteiger partial charge is 0.478 e. The number of furan rings is 1. The Bertz CT molecular complexity index is 662. The second kappa shape index (κ2) is 6.23. The Morgan fingerprint density at radius 2 is 2.10 bits per heavy atom. The molecule has 0 bridgehead atoms. The van der Waals surface area contributed by atoms with E-state index in [1.165, 1.54) is 25.3 Å². The van der Waals surface area contributed by atoms with E-state index in [4.69, 9.17) is 9.52 Å². The van der Waals surface area contributed by atoms with Crippen LogP contribution in [0.15, 0.2) is 34.3 Å². The number of thiophene rings is 1. The fraction of sp³-hybridized carbons (Fsp3) is 0.154. The number of rotatable bonds is 5. The van der Waals surface area contributed by atoms with Gasteiger partial charge in [-0.25, -0.2) is 4.79 Å². The molecule has 0 saturated carbocycles. The standard InChI is InChI=1S/C13H12N2O5S/c1-7(14-11(17)9-3-2-5-20-9)10(16)15-12-8(13(18)19)4-6-21-12/h2-7H,1H3,(H,14,17)(H,15,16)(H,18,19). The normalized spacial score (nSPS) is 11.7. The molecule has 3 N–H and O–H groups in total. The van der Waals surface area contributed by atoms with E-state index < -0.39 is 23.8 Å². The maximum Gasteiger partial charge on any atom is 0.338 e. The van der Waals surface area contributed by atoms with Crippen LogP contribution in [0.3, 0.4) is 0 Å². The van der Waals surface area contributed by atoms with E-state index in [-0.39, 0.29) is 16.3 Å². The number of carbonyl (C=O) groups excluding carboxylic acids is 2. The third-order valence-corrected chi connectivity index (χ3v) is 3.45. The van der Waals surface area contributed by atoms with E-state index in [2.05, 4.69) is 10.6 Å². The molecule has 0 aromatic carbocycles. The first-order valence-corrected chi connectivity index (χ1v) is 6.83. The second-order valence-corrected chi connectivity index (χ2v) is 5.05. The van der Waals surface area contributed by atoms with Crippen molar-refractivity contribution in [1.29, 1.82) is 0 Å². The lowest BCUT2D eigenvalue weighted by Crippen LogP contribution is -2.41. The van der Waals surface area contributed by atoms with Gasteiger partial charge in [0.1, 0.15) is 11.0 Å². The van der Waals surface area contributed by atoms with Crippen molar-refractivity contribution in [3.63, 3.8) is 0 Å². The molecule has 0 aliphatic heterocycles. The van der Waals surface area contributed by atoms with Crippen LogP contribution in [0.4, 0.5) is 5.00 Å². The fourth-order valence-corrected chi connectivity index (χ4v) is 2.32. The molecule has 8 heteroatoms. The predicted octanol–water partition coefficient (Wildman–Crippen LogP) is 1.80. The molecule has 0 radical (unpaired) electrons. The zero-order valence-electron chi connectivity index (χ0n) is 11.0. The van der Waals surface area contributed by atoms with Gasteiger partial charge in [-0.3, -0.25) is 9.59 Å². The van der Waals surface area contributed by atoms with Gasteiger partial charge in [0.15, 0.2) is 5.76 Å². The van der Waals surface area contributed by atoms with Crippen molar-refractivity contribution in [2.24, 2.45) is 0 Å². The lowest BCUT2D eigenvalue weighted by atomic mass is 10.2. The second-order valence-electron chi connectivity index (χ2n) is 4.13.